The molecule has 0 aromatic carbocycles. The van der Waals surface area contributed by atoms with E-state index in [1.807, 2.05) is 0 Å². The Morgan fingerprint density at radius 3 is 2.52 bits per heavy atom. The van der Waals surface area contributed by atoms with Crippen molar-refractivity contribution in [3.63, 3.8) is 0 Å². The van der Waals surface area contributed by atoms with Gasteiger partial charge in [0.05, 0.1) is 12.1 Å². The molecule has 0 saturated carbocycles. The zero-order valence-electron chi connectivity index (χ0n) is 11.4. The van der Waals surface area contributed by atoms with Crippen LogP contribution in [-0.2, 0) is 10.4 Å². The molecule has 0 bridgehead atoms. The number of aromatic nitrogens is 1. The van der Waals surface area contributed by atoms with Gasteiger partial charge in [-0.25, -0.2) is 0 Å². The number of hydrogen-bond donors (Lipinski definition) is 1. The Hall–Kier alpha value is -1.63. The van der Waals surface area contributed by atoms with E-state index in [1.165, 1.54) is 4.90 Å². The molecule has 1 aromatic rings. The fraction of sp³-hybridized carbons (Fsp3) is 0.571. The van der Waals surface area contributed by atoms with E-state index in [0.29, 0.717) is 5.69 Å². The molecule has 0 aliphatic carbocycles. The summed E-state index contributed by atoms with van der Waals surface area (Å²) in [5, 5.41) is 10.5. The van der Waals surface area contributed by atoms with Gasteiger partial charge in [0.15, 0.2) is 0 Å². The predicted octanol–water partition coefficient (Wildman–Crippen LogP) is 2.23. The molecule has 2 heterocycles. The van der Waals surface area contributed by atoms with Gasteiger partial charge in [-0.15, -0.1) is 0 Å². The highest BCUT2D eigenvalue weighted by Gasteiger charge is 2.37. The van der Waals surface area contributed by atoms with Gasteiger partial charge >= 0.3 is 6.18 Å². The zero-order valence-corrected chi connectivity index (χ0v) is 11.4. The van der Waals surface area contributed by atoms with Gasteiger partial charge in [0.2, 0.25) is 5.91 Å². The van der Waals surface area contributed by atoms with Crippen LogP contribution in [-0.4, -0.2) is 40.2 Å². The molecule has 1 saturated heterocycles. The molecule has 1 amide bonds. The summed E-state index contributed by atoms with van der Waals surface area (Å²) < 4.78 is 36.3. The SMILES string of the molecule is O=C(CCC(F)(F)F)N1CCC(O)(c2ccccn2)CC1. The molecule has 0 atom stereocenters. The van der Waals surface area contributed by atoms with E-state index in [9.17, 15) is 23.1 Å². The van der Waals surface area contributed by atoms with Crippen LogP contribution >= 0.6 is 0 Å². The third-order valence-corrected chi connectivity index (χ3v) is 3.71. The fourth-order valence-corrected chi connectivity index (χ4v) is 2.43. The number of alkyl halides is 3. The van der Waals surface area contributed by atoms with Crippen molar-refractivity contribution >= 4 is 5.91 Å². The smallest absolute Gasteiger partial charge is 0.383 e. The molecule has 1 fully saturated rings. The number of likely N-dealkylation sites (tertiary alicyclic amines) is 1. The standard InChI is InChI=1S/C14H17F3N2O2/c15-14(16,17)5-4-12(20)19-9-6-13(21,7-10-19)11-3-1-2-8-18-11/h1-3,8,21H,4-7,9-10H2. The van der Waals surface area contributed by atoms with E-state index < -0.39 is 30.5 Å². The normalized spacial score (nSPS) is 18.6. The summed E-state index contributed by atoms with van der Waals surface area (Å²) >= 11 is 0. The minimum absolute atomic E-state index is 0.240. The van der Waals surface area contributed by atoms with Gasteiger partial charge in [0, 0.05) is 25.7 Å². The van der Waals surface area contributed by atoms with Crippen molar-refractivity contribution in [1.29, 1.82) is 0 Å². The van der Waals surface area contributed by atoms with Crippen molar-refractivity contribution in [3.8, 4) is 0 Å². The third-order valence-electron chi connectivity index (χ3n) is 3.71. The lowest BCUT2D eigenvalue weighted by molar-refractivity contribution is -0.151. The second-order valence-electron chi connectivity index (χ2n) is 5.24. The second kappa shape index (κ2) is 6.01. The molecule has 0 unspecified atom stereocenters. The number of amides is 1. The van der Waals surface area contributed by atoms with Crippen molar-refractivity contribution in [2.45, 2.75) is 37.5 Å². The highest BCUT2D eigenvalue weighted by molar-refractivity contribution is 5.76. The largest absolute Gasteiger partial charge is 0.389 e. The van der Waals surface area contributed by atoms with Gasteiger partial charge in [-0.1, -0.05) is 6.07 Å². The van der Waals surface area contributed by atoms with Gasteiger partial charge in [0.1, 0.15) is 5.60 Å². The molecule has 1 N–H and O–H groups in total. The van der Waals surface area contributed by atoms with Gasteiger partial charge in [-0.3, -0.25) is 9.78 Å². The lowest BCUT2D eigenvalue weighted by Gasteiger charge is -2.37. The van der Waals surface area contributed by atoms with Gasteiger partial charge < -0.3 is 10.0 Å². The molecule has 1 aliphatic heterocycles. The Kier molecular flexibility index (Phi) is 4.51. The van der Waals surface area contributed by atoms with Crippen molar-refractivity contribution in [2.75, 3.05) is 13.1 Å². The molecule has 0 radical (unpaired) electrons. The monoisotopic (exact) mass is 302 g/mol. The number of halogens is 3. The molecule has 4 nitrogen and oxygen atoms in total. The van der Waals surface area contributed by atoms with Crippen molar-refractivity contribution in [1.82, 2.24) is 9.88 Å². The summed E-state index contributed by atoms with van der Waals surface area (Å²) in [5.74, 6) is -0.518. The Morgan fingerprint density at radius 1 is 1.33 bits per heavy atom. The number of carbonyl (C=O) groups excluding carboxylic acids is 1. The molecule has 7 heteroatoms. The van der Waals surface area contributed by atoms with Crippen LogP contribution in [0.15, 0.2) is 24.4 Å². The van der Waals surface area contributed by atoms with Crippen LogP contribution in [0.25, 0.3) is 0 Å². The van der Waals surface area contributed by atoms with Crippen LogP contribution in [0.5, 0.6) is 0 Å². The first-order valence-electron chi connectivity index (χ1n) is 6.79. The van der Waals surface area contributed by atoms with Crippen LogP contribution in [0, 0.1) is 0 Å². The second-order valence-corrected chi connectivity index (χ2v) is 5.24. The zero-order chi connectivity index (χ0) is 15.5. The number of pyridine rings is 1. The summed E-state index contributed by atoms with van der Waals surface area (Å²) in [5.41, 5.74) is -0.574. The number of piperidine rings is 1. The summed E-state index contributed by atoms with van der Waals surface area (Å²) in [6.07, 6.45) is -3.82. The first-order chi connectivity index (χ1) is 9.80. The average Bonchev–Trinajstić information content (AvgIpc) is 2.46. The first-order valence-corrected chi connectivity index (χ1v) is 6.79. The molecular weight excluding hydrogens is 285 g/mol. The maximum absolute atomic E-state index is 12.1. The summed E-state index contributed by atoms with van der Waals surface area (Å²) in [6.45, 7) is 0.480. The van der Waals surface area contributed by atoms with Crippen LogP contribution in [0.3, 0.4) is 0 Å². The highest BCUT2D eigenvalue weighted by atomic mass is 19.4. The van der Waals surface area contributed by atoms with Crippen molar-refractivity contribution < 1.29 is 23.1 Å². The maximum Gasteiger partial charge on any atom is 0.389 e. The predicted molar refractivity (Wildman–Crippen MR) is 69.2 cm³/mol. The molecule has 116 valence electrons. The van der Waals surface area contributed by atoms with Crippen molar-refractivity contribution in [2.24, 2.45) is 0 Å². The topological polar surface area (TPSA) is 53.4 Å². The molecule has 0 spiro atoms. The number of nitrogens with zero attached hydrogens (tertiary/aromatic N) is 2. The number of carbonyl (C=O) groups is 1. The molecular formula is C14H17F3N2O2. The average molecular weight is 302 g/mol. The molecule has 2 rings (SSSR count). The van der Waals surface area contributed by atoms with Gasteiger partial charge in [0.25, 0.3) is 0 Å². The number of hydrogen-bond acceptors (Lipinski definition) is 3. The highest BCUT2D eigenvalue weighted by Crippen LogP contribution is 2.32. The Balaban J connectivity index is 1.90. The number of rotatable bonds is 3. The van der Waals surface area contributed by atoms with Crippen LogP contribution < -0.4 is 0 Å². The van der Waals surface area contributed by atoms with E-state index in [-0.39, 0.29) is 25.9 Å². The lowest BCUT2D eigenvalue weighted by Crippen LogP contribution is -2.45. The van der Waals surface area contributed by atoms with E-state index in [4.69, 9.17) is 0 Å². The third kappa shape index (κ3) is 4.17. The Morgan fingerprint density at radius 2 is 2.00 bits per heavy atom. The Bertz CT molecular complexity index is 483. The maximum atomic E-state index is 12.1. The van der Waals surface area contributed by atoms with Gasteiger partial charge in [-0.2, -0.15) is 13.2 Å². The van der Waals surface area contributed by atoms with Crippen LogP contribution in [0.1, 0.15) is 31.4 Å². The molecule has 1 aromatic heterocycles. The molecule has 1 aliphatic rings. The lowest BCUT2D eigenvalue weighted by atomic mass is 9.87. The molecule has 21 heavy (non-hydrogen) atoms. The minimum Gasteiger partial charge on any atom is -0.383 e. The first kappa shape index (κ1) is 15.8. The summed E-state index contributed by atoms with van der Waals surface area (Å²) in [6, 6.07) is 5.21. The van der Waals surface area contributed by atoms with E-state index in [1.54, 1.807) is 24.4 Å². The van der Waals surface area contributed by atoms with Crippen LogP contribution in [0.2, 0.25) is 0 Å². The summed E-state index contributed by atoms with van der Waals surface area (Å²) in [4.78, 5) is 17.2. The Labute approximate surface area is 120 Å². The summed E-state index contributed by atoms with van der Waals surface area (Å²) in [7, 11) is 0. The minimum atomic E-state index is -4.32. The van der Waals surface area contributed by atoms with E-state index >= 15 is 0 Å². The van der Waals surface area contributed by atoms with Crippen molar-refractivity contribution in [3.05, 3.63) is 30.1 Å². The number of aliphatic hydroxyl groups is 1. The van der Waals surface area contributed by atoms with E-state index in [0.717, 1.165) is 0 Å². The van der Waals surface area contributed by atoms with Crippen LogP contribution in [0.4, 0.5) is 13.2 Å². The van der Waals surface area contributed by atoms with Gasteiger partial charge in [-0.05, 0) is 25.0 Å². The van der Waals surface area contributed by atoms with E-state index in [2.05, 4.69) is 4.98 Å². The quantitative estimate of drug-likeness (QED) is 0.931. The fourth-order valence-electron chi connectivity index (χ4n) is 2.43.